The molecule has 8 heteroatoms. The van der Waals surface area contributed by atoms with Crippen LogP contribution in [0.1, 0.15) is 6.92 Å². The first kappa shape index (κ1) is 17.4. The Morgan fingerprint density at radius 2 is 2.14 bits per heavy atom. The number of anilines is 1. The number of amides is 1. The van der Waals surface area contributed by atoms with E-state index in [2.05, 4.69) is 5.32 Å². The molecule has 1 aromatic carbocycles. The summed E-state index contributed by atoms with van der Waals surface area (Å²) in [5, 5.41) is 13.0. The highest BCUT2D eigenvalue weighted by Gasteiger charge is 2.12. The summed E-state index contributed by atoms with van der Waals surface area (Å²) in [7, 11) is 0. The zero-order valence-corrected chi connectivity index (χ0v) is 12.4. The number of nitro groups is 1. The van der Waals surface area contributed by atoms with Crippen LogP contribution < -0.4 is 5.32 Å². The molecule has 1 aromatic rings. The van der Waals surface area contributed by atoms with E-state index in [0.29, 0.717) is 0 Å². The molecule has 0 unspecified atom stereocenters. The van der Waals surface area contributed by atoms with E-state index in [9.17, 15) is 19.7 Å². The summed E-state index contributed by atoms with van der Waals surface area (Å²) in [6.07, 6.45) is 6.02. The molecule has 0 bridgehead atoms. The van der Waals surface area contributed by atoms with Crippen molar-refractivity contribution in [1.82, 2.24) is 0 Å². The number of nitro benzene ring substituents is 1. The Hall–Kier alpha value is -2.67. The van der Waals surface area contributed by atoms with Crippen LogP contribution in [-0.4, -0.2) is 23.4 Å². The van der Waals surface area contributed by atoms with Crippen LogP contribution in [-0.2, 0) is 14.3 Å². The van der Waals surface area contributed by atoms with E-state index in [0.717, 1.165) is 6.07 Å². The van der Waals surface area contributed by atoms with Gasteiger partial charge in [-0.05, 0) is 13.0 Å². The lowest BCUT2D eigenvalue weighted by Gasteiger charge is -2.07. The average molecular weight is 325 g/mol. The number of halogens is 1. The number of hydrogen-bond acceptors (Lipinski definition) is 5. The third-order valence-corrected chi connectivity index (χ3v) is 2.63. The molecule has 0 spiro atoms. The highest BCUT2D eigenvalue weighted by molar-refractivity contribution is 6.34. The largest absolute Gasteiger partial charge is 0.452 e. The number of carbonyl (C=O) groups is 2. The molecule has 1 rings (SSSR count). The van der Waals surface area contributed by atoms with Crippen molar-refractivity contribution < 1.29 is 19.2 Å². The highest BCUT2D eigenvalue weighted by atomic mass is 35.5. The van der Waals surface area contributed by atoms with Crippen LogP contribution in [0.5, 0.6) is 0 Å². The fraction of sp³-hybridized carbons (Fsp3) is 0.143. The van der Waals surface area contributed by atoms with Gasteiger partial charge in [0, 0.05) is 18.2 Å². The van der Waals surface area contributed by atoms with Crippen molar-refractivity contribution in [1.29, 1.82) is 0 Å². The fourth-order valence-corrected chi connectivity index (χ4v) is 1.56. The Morgan fingerprint density at radius 3 is 2.73 bits per heavy atom. The summed E-state index contributed by atoms with van der Waals surface area (Å²) >= 11 is 5.82. The molecule has 0 aliphatic rings. The molecule has 22 heavy (non-hydrogen) atoms. The molecular weight excluding hydrogens is 312 g/mol. The van der Waals surface area contributed by atoms with Crippen LogP contribution in [0, 0.1) is 10.1 Å². The second-order valence-electron chi connectivity index (χ2n) is 3.96. The lowest BCUT2D eigenvalue weighted by molar-refractivity contribution is -0.384. The predicted octanol–water partition coefficient (Wildman–Crippen LogP) is 2.86. The Morgan fingerprint density at radius 1 is 1.41 bits per heavy atom. The Bertz CT molecular complexity index is 640. The second-order valence-corrected chi connectivity index (χ2v) is 4.37. The van der Waals surface area contributed by atoms with E-state index < -0.39 is 23.4 Å². The quantitative estimate of drug-likeness (QED) is 0.285. The van der Waals surface area contributed by atoms with Gasteiger partial charge in [0.05, 0.1) is 15.6 Å². The maximum absolute atomic E-state index is 11.6. The van der Waals surface area contributed by atoms with Crippen LogP contribution in [0.3, 0.4) is 0 Å². The molecular formula is C14H13ClN2O5. The van der Waals surface area contributed by atoms with Crippen molar-refractivity contribution in [2.24, 2.45) is 0 Å². The first-order valence-corrected chi connectivity index (χ1v) is 6.51. The van der Waals surface area contributed by atoms with Crippen LogP contribution in [0.4, 0.5) is 11.4 Å². The van der Waals surface area contributed by atoms with Gasteiger partial charge >= 0.3 is 5.97 Å². The van der Waals surface area contributed by atoms with Crippen LogP contribution >= 0.6 is 11.6 Å². The molecule has 0 aliphatic heterocycles. The van der Waals surface area contributed by atoms with Gasteiger partial charge in [-0.3, -0.25) is 14.9 Å². The second kappa shape index (κ2) is 8.58. The van der Waals surface area contributed by atoms with Crippen molar-refractivity contribution in [2.45, 2.75) is 6.92 Å². The smallest absolute Gasteiger partial charge is 0.331 e. The third kappa shape index (κ3) is 5.76. The average Bonchev–Trinajstić information content (AvgIpc) is 2.47. The van der Waals surface area contributed by atoms with Gasteiger partial charge < -0.3 is 10.1 Å². The molecule has 1 N–H and O–H groups in total. The SMILES string of the molecule is C/C=C/C=C/C(=O)OCC(=O)Nc1ccc([N+](=O)[O-])cc1Cl. The molecule has 0 radical (unpaired) electrons. The number of rotatable bonds is 6. The summed E-state index contributed by atoms with van der Waals surface area (Å²) in [5.41, 5.74) is 0.00122. The topological polar surface area (TPSA) is 98.5 Å². The summed E-state index contributed by atoms with van der Waals surface area (Å²) in [5.74, 6) is -1.27. The van der Waals surface area contributed by atoms with Gasteiger partial charge in [-0.25, -0.2) is 4.79 Å². The number of allylic oxidation sites excluding steroid dienone is 3. The molecule has 0 aliphatic carbocycles. The lowest BCUT2D eigenvalue weighted by atomic mass is 10.3. The van der Waals surface area contributed by atoms with Crippen LogP contribution in [0.25, 0.3) is 0 Å². The number of nitrogens with one attached hydrogen (secondary N) is 1. The first-order chi connectivity index (χ1) is 10.4. The number of carbonyl (C=O) groups excluding carboxylic acids is 2. The van der Waals surface area contributed by atoms with E-state index in [4.69, 9.17) is 16.3 Å². The lowest BCUT2D eigenvalue weighted by Crippen LogP contribution is -2.20. The normalized spacial score (nSPS) is 10.8. The molecule has 1 amide bonds. The molecule has 0 saturated carbocycles. The van der Waals surface area contributed by atoms with E-state index in [-0.39, 0.29) is 16.4 Å². The number of nitrogens with zero attached hydrogens (tertiary/aromatic N) is 1. The standard InChI is InChI=1S/C14H13ClN2O5/c1-2-3-4-5-14(19)22-9-13(18)16-12-7-6-10(17(20)21)8-11(12)15/h2-8H,9H2,1H3,(H,16,18)/b3-2+,5-4+. The summed E-state index contributed by atoms with van der Waals surface area (Å²) in [6.45, 7) is 1.30. The Kier molecular flexibility index (Phi) is 6.78. The van der Waals surface area contributed by atoms with Gasteiger partial charge in [-0.2, -0.15) is 0 Å². The van der Waals surface area contributed by atoms with E-state index in [1.54, 1.807) is 19.1 Å². The number of non-ortho nitro benzene ring substituents is 1. The number of benzene rings is 1. The van der Waals surface area contributed by atoms with Crippen molar-refractivity contribution in [3.05, 3.63) is 57.6 Å². The monoisotopic (exact) mass is 324 g/mol. The van der Waals surface area contributed by atoms with E-state index >= 15 is 0 Å². The van der Waals surface area contributed by atoms with Gasteiger partial charge in [-0.1, -0.05) is 29.8 Å². The summed E-state index contributed by atoms with van der Waals surface area (Å²) in [4.78, 5) is 32.8. The van der Waals surface area contributed by atoms with Gasteiger partial charge in [0.25, 0.3) is 11.6 Å². The van der Waals surface area contributed by atoms with Crippen molar-refractivity contribution in [3.63, 3.8) is 0 Å². The molecule has 0 atom stereocenters. The van der Waals surface area contributed by atoms with Crippen LogP contribution in [0.2, 0.25) is 5.02 Å². The zero-order valence-electron chi connectivity index (χ0n) is 11.6. The predicted molar refractivity (Wildman–Crippen MR) is 81.6 cm³/mol. The van der Waals surface area contributed by atoms with E-state index in [1.807, 2.05) is 0 Å². The highest BCUT2D eigenvalue weighted by Crippen LogP contribution is 2.26. The maximum Gasteiger partial charge on any atom is 0.331 e. The minimum Gasteiger partial charge on any atom is -0.452 e. The Balaban J connectivity index is 2.55. The third-order valence-electron chi connectivity index (χ3n) is 2.32. The van der Waals surface area contributed by atoms with Crippen LogP contribution in [0.15, 0.2) is 42.5 Å². The van der Waals surface area contributed by atoms with Crippen molar-refractivity contribution >= 4 is 34.9 Å². The summed E-state index contributed by atoms with van der Waals surface area (Å²) < 4.78 is 4.70. The molecule has 0 fully saturated rings. The number of esters is 1. The number of ether oxygens (including phenoxy) is 1. The molecule has 0 aromatic heterocycles. The maximum atomic E-state index is 11.6. The minimum atomic E-state index is -0.664. The molecule has 116 valence electrons. The van der Waals surface area contributed by atoms with Crippen molar-refractivity contribution in [3.8, 4) is 0 Å². The zero-order chi connectivity index (χ0) is 16.5. The van der Waals surface area contributed by atoms with Crippen molar-refractivity contribution in [2.75, 3.05) is 11.9 Å². The first-order valence-electron chi connectivity index (χ1n) is 6.14. The number of hydrogen-bond donors (Lipinski definition) is 1. The van der Waals surface area contributed by atoms with E-state index in [1.165, 1.54) is 24.3 Å². The molecule has 7 nitrogen and oxygen atoms in total. The molecule has 0 heterocycles. The van der Waals surface area contributed by atoms with Gasteiger partial charge in [-0.15, -0.1) is 0 Å². The Labute approximate surface area is 131 Å². The fourth-order valence-electron chi connectivity index (χ4n) is 1.34. The van der Waals surface area contributed by atoms with Gasteiger partial charge in [0.2, 0.25) is 0 Å². The molecule has 0 saturated heterocycles. The minimum absolute atomic E-state index is 0.0156. The van der Waals surface area contributed by atoms with Gasteiger partial charge in [0.1, 0.15) is 0 Å². The van der Waals surface area contributed by atoms with Gasteiger partial charge in [0.15, 0.2) is 6.61 Å². The summed E-state index contributed by atoms with van der Waals surface area (Å²) in [6, 6.07) is 3.61.